The van der Waals surface area contributed by atoms with Crippen molar-refractivity contribution in [3.63, 3.8) is 0 Å². The fourth-order valence-corrected chi connectivity index (χ4v) is 6.12. The van der Waals surface area contributed by atoms with Gasteiger partial charge in [-0.1, -0.05) is 24.3 Å². The Morgan fingerprint density at radius 1 is 1.11 bits per heavy atom. The van der Waals surface area contributed by atoms with Gasteiger partial charge in [-0.15, -0.1) is 11.3 Å². The molecule has 0 bridgehead atoms. The molecule has 180 valence electrons. The number of carboxylic acids is 1. The molecular weight excluding hydrogens is 468 g/mol. The predicted molar refractivity (Wildman–Crippen MR) is 129 cm³/mol. The molecule has 6 rings (SSSR count). The van der Waals surface area contributed by atoms with E-state index in [0.29, 0.717) is 17.7 Å². The van der Waals surface area contributed by atoms with Gasteiger partial charge < -0.3 is 19.9 Å². The van der Waals surface area contributed by atoms with Crippen LogP contribution in [0.15, 0.2) is 42.5 Å². The quantitative estimate of drug-likeness (QED) is 0.420. The van der Waals surface area contributed by atoms with Crippen LogP contribution < -0.4 is 5.32 Å². The number of carbonyl (C=O) groups is 3. The van der Waals surface area contributed by atoms with Crippen LogP contribution in [0.3, 0.4) is 0 Å². The number of carbonyl (C=O) groups excluding carboxylic acids is 2. The summed E-state index contributed by atoms with van der Waals surface area (Å²) in [6.45, 7) is 0.729. The highest BCUT2D eigenvalue weighted by Crippen LogP contribution is 2.39. The highest BCUT2D eigenvalue weighted by Gasteiger charge is 2.54. The van der Waals surface area contributed by atoms with E-state index in [-0.39, 0.29) is 25.8 Å². The van der Waals surface area contributed by atoms with E-state index >= 15 is 0 Å². The SMILES string of the molecule is O=C1c2cc3ccccc3cc2CN1C(=O)C1(C(=O)O)Cc2cc(NC3CCCCO3)sc2CO1. The molecule has 2 unspecified atom stereocenters. The Hall–Kier alpha value is -3.27. The summed E-state index contributed by atoms with van der Waals surface area (Å²) in [5.74, 6) is -2.72. The molecule has 0 radical (unpaired) electrons. The third-order valence-corrected chi connectivity index (χ3v) is 8.06. The van der Waals surface area contributed by atoms with Crippen LogP contribution >= 0.6 is 11.3 Å². The summed E-state index contributed by atoms with van der Waals surface area (Å²) in [5, 5.41) is 16.2. The van der Waals surface area contributed by atoms with Crippen LogP contribution in [0.5, 0.6) is 0 Å². The second-order valence-corrected chi connectivity index (χ2v) is 10.3. The van der Waals surface area contributed by atoms with Crippen LogP contribution in [0.25, 0.3) is 10.8 Å². The third-order valence-electron chi connectivity index (χ3n) is 6.98. The number of hydrogen-bond acceptors (Lipinski definition) is 7. The van der Waals surface area contributed by atoms with Gasteiger partial charge in [-0.05, 0) is 59.4 Å². The number of thiophene rings is 1. The molecule has 3 aliphatic rings. The predicted octanol–water partition coefficient (Wildman–Crippen LogP) is 3.92. The van der Waals surface area contributed by atoms with Gasteiger partial charge in [-0.2, -0.15) is 0 Å². The molecule has 2 aromatic carbocycles. The van der Waals surface area contributed by atoms with Gasteiger partial charge >= 0.3 is 5.97 Å². The number of imide groups is 1. The maximum absolute atomic E-state index is 13.6. The summed E-state index contributed by atoms with van der Waals surface area (Å²) < 4.78 is 11.5. The van der Waals surface area contributed by atoms with E-state index in [2.05, 4.69) is 5.32 Å². The molecule has 2 N–H and O–H groups in total. The number of hydrogen-bond donors (Lipinski definition) is 2. The highest BCUT2D eigenvalue weighted by atomic mass is 32.1. The van der Waals surface area contributed by atoms with Crippen molar-refractivity contribution >= 4 is 44.9 Å². The maximum Gasteiger partial charge on any atom is 0.346 e. The Morgan fingerprint density at radius 2 is 1.91 bits per heavy atom. The van der Waals surface area contributed by atoms with Crippen molar-refractivity contribution in [1.82, 2.24) is 4.90 Å². The van der Waals surface area contributed by atoms with Crippen molar-refractivity contribution in [3.05, 3.63) is 64.0 Å². The van der Waals surface area contributed by atoms with E-state index < -0.39 is 23.4 Å². The molecule has 0 spiro atoms. The maximum atomic E-state index is 13.6. The normalized spacial score (nSPS) is 23.7. The summed E-state index contributed by atoms with van der Waals surface area (Å²) in [5.41, 5.74) is -0.286. The van der Waals surface area contributed by atoms with Gasteiger partial charge in [0.15, 0.2) is 0 Å². The van der Waals surface area contributed by atoms with E-state index in [9.17, 15) is 19.5 Å². The lowest BCUT2D eigenvalue weighted by Crippen LogP contribution is -2.58. The number of carboxylic acid groups (broad SMARTS) is 1. The lowest BCUT2D eigenvalue weighted by Gasteiger charge is -2.34. The molecule has 35 heavy (non-hydrogen) atoms. The van der Waals surface area contributed by atoms with E-state index in [4.69, 9.17) is 9.47 Å². The fourth-order valence-electron chi connectivity index (χ4n) is 5.08. The Bertz CT molecular complexity index is 1360. The second kappa shape index (κ2) is 8.44. The molecule has 1 aromatic heterocycles. The molecule has 0 saturated carbocycles. The van der Waals surface area contributed by atoms with Crippen molar-refractivity contribution in [2.45, 2.75) is 50.7 Å². The minimum atomic E-state index is -2.15. The molecule has 0 aliphatic carbocycles. The molecule has 8 nitrogen and oxygen atoms in total. The number of anilines is 1. The molecule has 4 heterocycles. The van der Waals surface area contributed by atoms with Crippen molar-refractivity contribution < 1.29 is 29.0 Å². The number of amides is 2. The molecule has 3 aromatic rings. The summed E-state index contributed by atoms with van der Waals surface area (Å²) in [7, 11) is 0. The average molecular weight is 493 g/mol. The first kappa shape index (κ1) is 22.2. The van der Waals surface area contributed by atoms with Gasteiger partial charge in [0.1, 0.15) is 6.23 Å². The zero-order chi connectivity index (χ0) is 24.2. The highest BCUT2D eigenvalue weighted by molar-refractivity contribution is 7.16. The number of ether oxygens (including phenoxy) is 2. The first-order valence-corrected chi connectivity index (χ1v) is 12.5. The minimum absolute atomic E-state index is 0.00981. The smallest absolute Gasteiger partial charge is 0.346 e. The van der Waals surface area contributed by atoms with Gasteiger partial charge in [0.2, 0.25) is 5.60 Å². The summed E-state index contributed by atoms with van der Waals surface area (Å²) >= 11 is 1.48. The molecule has 2 amide bonds. The number of nitrogens with one attached hydrogen (secondary N) is 1. The number of benzene rings is 2. The van der Waals surface area contributed by atoms with Gasteiger partial charge in [0.25, 0.3) is 11.8 Å². The van der Waals surface area contributed by atoms with Gasteiger partial charge in [0, 0.05) is 23.5 Å². The standard InChI is InChI=1S/C26H24N2O6S/c29-23-19-10-16-6-2-1-5-15(16)9-18(19)13-28(23)24(30)26(25(31)32)12-17-11-22(35-20(17)14-34-26)27-21-7-3-4-8-33-21/h1-2,5-6,9-11,21,27H,3-4,7-8,12-14H2,(H,31,32). The topological polar surface area (TPSA) is 105 Å². The lowest BCUT2D eigenvalue weighted by atomic mass is 9.90. The average Bonchev–Trinajstić information content (AvgIpc) is 3.41. The van der Waals surface area contributed by atoms with Crippen molar-refractivity contribution in [2.24, 2.45) is 0 Å². The van der Waals surface area contributed by atoms with Gasteiger partial charge in [-0.25, -0.2) is 4.79 Å². The number of nitrogens with zero attached hydrogens (tertiary/aromatic N) is 1. The molecule has 3 aliphatic heterocycles. The minimum Gasteiger partial charge on any atom is -0.479 e. The number of rotatable bonds is 4. The summed E-state index contributed by atoms with van der Waals surface area (Å²) in [6.07, 6.45) is 2.83. The Kier molecular flexibility index (Phi) is 5.36. The van der Waals surface area contributed by atoms with Crippen LogP contribution in [0.1, 0.15) is 45.6 Å². The van der Waals surface area contributed by atoms with Crippen molar-refractivity contribution in [3.8, 4) is 0 Å². The Morgan fingerprint density at radius 3 is 2.66 bits per heavy atom. The van der Waals surface area contributed by atoms with Crippen LogP contribution in [0.2, 0.25) is 0 Å². The molecular formula is C26H24N2O6S. The van der Waals surface area contributed by atoms with E-state index in [1.54, 1.807) is 6.07 Å². The zero-order valence-electron chi connectivity index (χ0n) is 18.9. The van der Waals surface area contributed by atoms with Crippen LogP contribution in [0.4, 0.5) is 5.00 Å². The molecule has 9 heteroatoms. The Balaban J connectivity index is 1.27. The van der Waals surface area contributed by atoms with Gasteiger partial charge in [-0.3, -0.25) is 14.5 Å². The van der Waals surface area contributed by atoms with E-state index in [0.717, 1.165) is 50.4 Å². The van der Waals surface area contributed by atoms with E-state index in [1.165, 1.54) is 11.3 Å². The zero-order valence-corrected chi connectivity index (χ0v) is 19.7. The summed E-state index contributed by atoms with van der Waals surface area (Å²) in [4.78, 5) is 41.2. The van der Waals surface area contributed by atoms with Crippen molar-refractivity contribution in [1.29, 1.82) is 0 Å². The number of aliphatic carboxylic acids is 1. The monoisotopic (exact) mass is 492 g/mol. The van der Waals surface area contributed by atoms with Crippen molar-refractivity contribution in [2.75, 3.05) is 11.9 Å². The number of fused-ring (bicyclic) bond motifs is 3. The largest absolute Gasteiger partial charge is 0.479 e. The first-order valence-electron chi connectivity index (χ1n) is 11.7. The fraction of sp³-hybridized carbons (Fsp3) is 0.346. The lowest BCUT2D eigenvalue weighted by molar-refractivity contribution is -0.181. The first-order chi connectivity index (χ1) is 16.9. The Labute approximate surface area is 205 Å². The summed E-state index contributed by atoms with van der Waals surface area (Å²) in [6, 6.07) is 13.2. The molecule has 1 fully saturated rings. The van der Waals surface area contributed by atoms with Crippen LogP contribution in [-0.2, 0) is 38.6 Å². The third kappa shape index (κ3) is 3.71. The second-order valence-electron chi connectivity index (χ2n) is 9.21. The molecule has 1 saturated heterocycles. The van der Waals surface area contributed by atoms with E-state index in [1.807, 2.05) is 36.4 Å². The van der Waals surface area contributed by atoms with Gasteiger partial charge in [0.05, 0.1) is 18.2 Å². The molecule has 2 atom stereocenters. The van der Waals surface area contributed by atoms with Crippen LogP contribution in [-0.4, -0.2) is 46.2 Å². The van der Waals surface area contributed by atoms with Crippen LogP contribution in [0, 0.1) is 0 Å².